The monoisotopic (exact) mass is 252 g/mol. The second kappa shape index (κ2) is 6.38. The molecule has 106 valence electrons. The van der Waals surface area contributed by atoms with Crippen LogP contribution in [-0.4, -0.2) is 25.2 Å². The highest BCUT2D eigenvalue weighted by atomic mass is 15.1. The molecule has 2 N–H and O–H groups in total. The molecule has 0 aromatic heterocycles. The fourth-order valence-electron chi connectivity index (χ4n) is 3.99. The van der Waals surface area contributed by atoms with E-state index in [0.717, 1.165) is 0 Å². The standard InChI is InChI=1S/C16H32N2/c1-3-8-16(11-7-12-18-16)14-17-13-15(2)9-5-4-6-10-15/h17-18H,3-14H2,1-2H3. The third-order valence-electron chi connectivity index (χ3n) is 5.14. The van der Waals surface area contributed by atoms with Gasteiger partial charge in [-0.3, -0.25) is 0 Å². The van der Waals surface area contributed by atoms with Crippen molar-refractivity contribution < 1.29 is 0 Å². The van der Waals surface area contributed by atoms with Crippen molar-refractivity contribution >= 4 is 0 Å². The van der Waals surface area contributed by atoms with Gasteiger partial charge in [0.1, 0.15) is 0 Å². The molecule has 0 amide bonds. The molecule has 2 heteroatoms. The third-order valence-corrected chi connectivity index (χ3v) is 5.14. The number of rotatable bonds is 6. The normalized spacial score (nSPS) is 31.7. The molecular weight excluding hydrogens is 220 g/mol. The van der Waals surface area contributed by atoms with Gasteiger partial charge >= 0.3 is 0 Å². The van der Waals surface area contributed by atoms with E-state index in [0.29, 0.717) is 11.0 Å². The Bertz CT molecular complexity index is 237. The minimum absolute atomic E-state index is 0.416. The average Bonchev–Trinajstić information content (AvgIpc) is 2.79. The predicted molar refractivity (Wildman–Crippen MR) is 78.9 cm³/mol. The van der Waals surface area contributed by atoms with Crippen LogP contribution in [0.5, 0.6) is 0 Å². The molecule has 1 saturated heterocycles. The summed E-state index contributed by atoms with van der Waals surface area (Å²) in [7, 11) is 0. The minimum atomic E-state index is 0.416. The summed E-state index contributed by atoms with van der Waals surface area (Å²) in [5.74, 6) is 0. The van der Waals surface area contributed by atoms with Crippen LogP contribution in [0.2, 0.25) is 0 Å². The van der Waals surface area contributed by atoms with Crippen LogP contribution in [0.3, 0.4) is 0 Å². The molecule has 2 fully saturated rings. The zero-order valence-electron chi connectivity index (χ0n) is 12.5. The lowest BCUT2D eigenvalue weighted by Gasteiger charge is -2.36. The van der Waals surface area contributed by atoms with Crippen LogP contribution >= 0.6 is 0 Å². The van der Waals surface area contributed by atoms with Gasteiger partial charge in [-0.1, -0.05) is 39.5 Å². The molecule has 0 radical (unpaired) electrons. The molecule has 2 nitrogen and oxygen atoms in total. The Kier molecular flexibility index (Phi) is 5.08. The van der Waals surface area contributed by atoms with Gasteiger partial charge in [-0.05, 0) is 44.1 Å². The van der Waals surface area contributed by atoms with Crippen molar-refractivity contribution in [3.05, 3.63) is 0 Å². The fourth-order valence-corrected chi connectivity index (χ4v) is 3.99. The second-order valence-electron chi connectivity index (χ2n) is 7.04. The molecule has 18 heavy (non-hydrogen) atoms. The quantitative estimate of drug-likeness (QED) is 0.756. The Morgan fingerprint density at radius 3 is 2.39 bits per heavy atom. The Labute approximate surface area is 113 Å². The molecule has 1 atom stereocenters. The van der Waals surface area contributed by atoms with E-state index in [1.54, 1.807) is 0 Å². The van der Waals surface area contributed by atoms with Gasteiger partial charge in [0.25, 0.3) is 0 Å². The lowest BCUT2D eigenvalue weighted by Crippen LogP contribution is -2.50. The van der Waals surface area contributed by atoms with E-state index >= 15 is 0 Å². The summed E-state index contributed by atoms with van der Waals surface area (Å²) in [5, 5.41) is 7.56. The first-order valence-corrected chi connectivity index (χ1v) is 8.14. The summed E-state index contributed by atoms with van der Waals surface area (Å²) >= 11 is 0. The lowest BCUT2D eigenvalue weighted by atomic mass is 9.75. The van der Waals surface area contributed by atoms with Crippen LogP contribution in [-0.2, 0) is 0 Å². The molecule has 0 aromatic rings. The van der Waals surface area contributed by atoms with Gasteiger partial charge in [-0.25, -0.2) is 0 Å². The summed E-state index contributed by atoms with van der Waals surface area (Å²) in [4.78, 5) is 0. The number of nitrogens with one attached hydrogen (secondary N) is 2. The van der Waals surface area contributed by atoms with Crippen molar-refractivity contribution in [3.8, 4) is 0 Å². The highest BCUT2D eigenvalue weighted by molar-refractivity contribution is 4.95. The molecule has 0 bridgehead atoms. The first-order chi connectivity index (χ1) is 8.68. The Morgan fingerprint density at radius 2 is 1.78 bits per heavy atom. The molecular formula is C16H32N2. The maximum atomic E-state index is 3.80. The summed E-state index contributed by atoms with van der Waals surface area (Å²) in [5.41, 5.74) is 0.990. The lowest BCUT2D eigenvalue weighted by molar-refractivity contribution is 0.197. The third kappa shape index (κ3) is 3.71. The van der Waals surface area contributed by atoms with Gasteiger partial charge < -0.3 is 10.6 Å². The van der Waals surface area contributed by atoms with Crippen LogP contribution in [0.1, 0.15) is 71.6 Å². The number of hydrogen-bond donors (Lipinski definition) is 2. The highest BCUT2D eigenvalue weighted by Crippen LogP contribution is 2.35. The first-order valence-electron chi connectivity index (χ1n) is 8.14. The van der Waals surface area contributed by atoms with Crippen molar-refractivity contribution in [2.45, 2.75) is 77.2 Å². The van der Waals surface area contributed by atoms with Gasteiger partial charge in [0.15, 0.2) is 0 Å². The molecule has 1 heterocycles. The van der Waals surface area contributed by atoms with E-state index in [-0.39, 0.29) is 0 Å². The van der Waals surface area contributed by atoms with Gasteiger partial charge in [-0.2, -0.15) is 0 Å². The molecule has 1 unspecified atom stereocenters. The molecule has 1 aliphatic heterocycles. The van der Waals surface area contributed by atoms with Crippen molar-refractivity contribution in [1.82, 2.24) is 10.6 Å². The van der Waals surface area contributed by atoms with Crippen LogP contribution in [0.25, 0.3) is 0 Å². The smallest absolute Gasteiger partial charge is 0.0306 e. The fraction of sp³-hybridized carbons (Fsp3) is 1.00. The van der Waals surface area contributed by atoms with E-state index in [1.807, 2.05) is 0 Å². The van der Waals surface area contributed by atoms with Crippen molar-refractivity contribution in [1.29, 1.82) is 0 Å². The second-order valence-corrected chi connectivity index (χ2v) is 7.04. The molecule has 1 saturated carbocycles. The largest absolute Gasteiger partial charge is 0.314 e. The number of hydrogen-bond acceptors (Lipinski definition) is 2. The molecule has 2 aliphatic rings. The SMILES string of the molecule is CCCC1(CNCC2(C)CCCCC2)CCCN1. The Hall–Kier alpha value is -0.0800. The summed E-state index contributed by atoms with van der Waals surface area (Å²) < 4.78 is 0. The van der Waals surface area contributed by atoms with Gasteiger partial charge in [0.2, 0.25) is 0 Å². The van der Waals surface area contributed by atoms with Crippen molar-refractivity contribution in [2.75, 3.05) is 19.6 Å². The van der Waals surface area contributed by atoms with Gasteiger partial charge in [0.05, 0.1) is 0 Å². The zero-order valence-corrected chi connectivity index (χ0v) is 12.5. The summed E-state index contributed by atoms with van der Waals surface area (Å²) in [6.07, 6.45) is 12.5. The van der Waals surface area contributed by atoms with Crippen molar-refractivity contribution in [3.63, 3.8) is 0 Å². The maximum absolute atomic E-state index is 3.80. The molecule has 2 rings (SSSR count). The molecule has 0 spiro atoms. The van der Waals surface area contributed by atoms with Crippen LogP contribution in [0, 0.1) is 5.41 Å². The first kappa shape index (κ1) is 14.3. The van der Waals surface area contributed by atoms with Crippen molar-refractivity contribution in [2.24, 2.45) is 5.41 Å². The Morgan fingerprint density at radius 1 is 1.00 bits per heavy atom. The Balaban J connectivity index is 1.75. The average molecular weight is 252 g/mol. The van der Waals surface area contributed by atoms with Crippen LogP contribution < -0.4 is 10.6 Å². The molecule has 1 aliphatic carbocycles. The summed E-state index contributed by atoms with van der Waals surface area (Å²) in [6.45, 7) is 8.41. The predicted octanol–water partition coefficient (Wildman–Crippen LogP) is 3.47. The highest BCUT2D eigenvalue weighted by Gasteiger charge is 2.33. The van der Waals surface area contributed by atoms with E-state index in [2.05, 4.69) is 24.5 Å². The minimum Gasteiger partial charge on any atom is -0.314 e. The van der Waals surface area contributed by atoms with Gasteiger partial charge in [-0.15, -0.1) is 0 Å². The van der Waals surface area contributed by atoms with E-state index in [9.17, 15) is 0 Å². The van der Waals surface area contributed by atoms with E-state index in [1.165, 1.54) is 77.4 Å². The zero-order chi connectivity index (χ0) is 12.9. The summed E-state index contributed by atoms with van der Waals surface area (Å²) in [6, 6.07) is 0. The van der Waals surface area contributed by atoms with E-state index in [4.69, 9.17) is 0 Å². The van der Waals surface area contributed by atoms with Crippen LogP contribution in [0.15, 0.2) is 0 Å². The topological polar surface area (TPSA) is 24.1 Å². The molecule has 0 aromatic carbocycles. The van der Waals surface area contributed by atoms with Gasteiger partial charge in [0, 0.05) is 18.6 Å². The maximum Gasteiger partial charge on any atom is 0.0306 e. The van der Waals surface area contributed by atoms with Crippen LogP contribution in [0.4, 0.5) is 0 Å². The van der Waals surface area contributed by atoms with E-state index < -0.39 is 0 Å².